The zero-order valence-electron chi connectivity index (χ0n) is 13.9. The molecular formula is C20H19NO2S. The summed E-state index contributed by atoms with van der Waals surface area (Å²) in [6.45, 7) is 4.19. The van der Waals surface area contributed by atoms with Crippen LogP contribution in [0.2, 0.25) is 0 Å². The van der Waals surface area contributed by atoms with Crippen LogP contribution in [-0.2, 0) is 0 Å². The van der Waals surface area contributed by atoms with Gasteiger partial charge in [-0.15, -0.1) is 11.8 Å². The van der Waals surface area contributed by atoms with Crippen molar-refractivity contribution >= 4 is 28.6 Å². The van der Waals surface area contributed by atoms with Crippen molar-refractivity contribution < 1.29 is 9.90 Å². The van der Waals surface area contributed by atoms with Crippen molar-refractivity contribution in [3.05, 3.63) is 59.7 Å². The van der Waals surface area contributed by atoms with Gasteiger partial charge in [-0.1, -0.05) is 32.0 Å². The van der Waals surface area contributed by atoms with Gasteiger partial charge in [-0.05, 0) is 48.1 Å². The Labute approximate surface area is 145 Å². The standard InChI is InChI=1S/C20H19NO2S/c1-12(2)14-6-9-18-16(10-14)17(20(22)23)11-19(21-18)13-4-7-15(24-3)8-5-13/h4-12H,1-3H3,(H,22,23). The third-order valence-corrected chi connectivity index (χ3v) is 4.86. The molecule has 0 aliphatic carbocycles. The minimum Gasteiger partial charge on any atom is -0.478 e. The highest BCUT2D eigenvalue weighted by atomic mass is 32.2. The van der Waals surface area contributed by atoms with Crippen LogP contribution in [0.1, 0.15) is 35.7 Å². The Bertz CT molecular complexity index is 901. The number of rotatable bonds is 4. The first-order valence-corrected chi connectivity index (χ1v) is 9.04. The zero-order chi connectivity index (χ0) is 17.3. The van der Waals surface area contributed by atoms with Gasteiger partial charge < -0.3 is 5.11 Å². The van der Waals surface area contributed by atoms with Crippen molar-refractivity contribution in [3.8, 4) is 11.3 Å². The number of thioether (sulfide) groups is 1. The van der Waals surface area contributed by atoms with E-state index in [1.54, 1.807) is 17.8 Å². The number of carboxylic acids is 1. The van der Waals surface area contributed by atoms with E-state index in [1.165, 1.54) is 4.90 Å². The quantitative estimate of drug-likeness (QED) is 0.644. The number of benzene rings is 2. The first-order chi connectivity index (χ1) is 11.5. The minimum atomic E-state index is -0.926. The molecule has 0 amide bonds. The molecule has 3 aromatic rings. The summed E-state index contributed by atoms with van der Waals surface area (Å²) in [6, 6.07) is 15.5. The van der Waals surface area contributed by atoms with E-state index in [2.05, 4.69) is 18.8 Å². The van der Waals surface area contributed by atoms with Gasteiger partial charge in [0.25, 0.3) is 0 Å². The topological polar surface area (TPSA) is 50.2 Å². The molecule has 122 valence electrons. The molecule has 24 heavy (non-hydrogen) atoms. The van der Waals surface area contributed by atoms with E-state index in [-0.39, 0.29) is 0 Å². The number of carboxylic acid groups (broad SMARTS) is 1. The van der Waals surface area contributed by atoms with Gasteiger partial charge in [0.05, 0.1) is 16.8 Å². The lowest BCUT2D eigenvalue weighted by atomic mass is 9.97. The molecule has 0 saturated heterocycles. The first-order valence-electron chi connectivity index (χ1n) is 7.82. The predicted molar refractivity (Wildman–Crippen MR) is 100 cm³/mol. The summed E-state index contributed by atoms with van der Waals surface area (Å²) in [7, 11) is 0. The summed E-state index contributed by atoms with van der Waals surface area (Å²) >= 11 is 1.67. The molecule has 3 nitrogen and oxygen atoms in total. The van der Waals surface area contributed by atoms with E-state index in [1.807, 2.05) is 48.7 Å². The Morgan fingerprint density at radius 1 is 1.08 bits per heavy atom. The average Bonchev–Trinajstić information content (AvgIpc) is 2.60. The number of nitrogens with zero attached hydrogens (tertiary/aromatic N) is 1. The van der Waals surface area contributed by atoms with Crippen LogP contribution >= 0.6 is 11.8 Å². The van der Waals surface area contributed by atoms with E-state index in [0.717, 1.165) is 11.1 Å². The lowest BCUT2D eigenvalue weighted by molar-refractivity contribution is 0.0699. The van der Waals surface area contributed by atoms with Crippen LogP contribution in [0.25, 0.3) is 22.2 Å². The average molecular weight is 337 g/mol. The van der Waals surface area contributed by atoms with Gasteiger partial charge in [-0.25, -0.2) is 9.78 Å². The molecule has 0 spiro atoms. The fourth-order valence-corrected chi connectivity index (χ4v) is 3.10. The summed E-state index contributed by atoms with van der Waals surface area (Å²) < 4.78 is 0. The maximum absolute atomic E-state index is 11.7. The Kier molecular flexibility index (Phi) is 4.58. The second kappa shape index (κ2) is 6.65. The van der Waals surface area contributed by atoms with Crippen LogP contribution in [0.3, 0.4) is 0 Å². The highest BCUT2D eigenvalue weighted by Gasteiger charge is 2.14. The van der Waals surface area contributed by atoms with Crippen molar-refractivity contribution in [3.63, 3.8) is 0 Å². The third-order valence-electron chi connectivity index (χ3n) is 4.12. The van der Waals surface area contributed by atoms with E-state index < -0.39 is 5.97 Å². The number of fused-ring (bicyclic) bond motifs is 1. The molecule has 3 rings (SSSR count). The predicted octanol–water partition coefficient (Wildman–Crippen LogP) is 5.45. The van der Waals surface area contributed by atoms with Gasteiger partial charge in [0.1, 0.15) is 0 Å². The van der Waals surface area contributed by atoms with Crippen LogP contribution in [0.5, 0.6) is 0 Å². The van der Waals surface area contributed by atoms with Crippen molar-refractivity contribution in [2.45, 2.75) is 24.7 Å². The maximum Gasteiger partial charge on any atom is 0.336 e. The van der Waals surface area contributed by atoms with E-state index in [0.29, 0.717) is 28.1 Å². The molecule has 4 heteroatoms. The molecule has 1 N–H and O–H groups in total. The summed E-state index contributed by atoms with van der Waals surface area (Å²) in [5, 5.41) is 10.3. The van der Waals surface area contributed by atoms with Gasteiger partial charge in [0, 0.05) is 15.8 Å². The Morgan fingerprint density at radius 3 is 2.38 bits per heavy atom. The number of hydrogen-bond donors (Lipinski definition) is 1. The highest BCUT2D eigenvalue weighted by Crippen LogP contribution is 2.28. The summed E-state index contributed by atoms with van der Waals surface area (Å²) in [4.78, 5) is 17.6. The van der Waals surface area contributed by atoms with Gasteiger partial charge in [0.15, 0.2) is 0 Å². The van der Waals surface area contributed by atoms with Crippen LogP contribution < -0.4 is 0 Å². The molecule has 0 aliphatic rings. The van der Waals surface area contributed by atoms with Gasteiger partial charge in [-0.3, -0.25) is 0 Å². The Hall–Kier alpha value is -2.33. The van der Waals surface area contributed by atoms with Crippen molar-refractivity contribution in [1.29, 1.82) is 0 Å². The lowest BCUT2D eigenvalue weighted by Gasteiger charge is -2.11. The Balaban J connectivity index is 2.20. The first kappa shape index (κ1) is 16.5. The molecular weight excluding hydrogens is 318 g/mol. The largest absolute Gasteiger partial charge is 0.478 e. The van der Waals surface area contributed by atoms with Crippen LogP contribution in [-0.4, -0.2) is 22.3 Å². The SMILES string of the molecule is CSc1ccc(-c2cc(C(=O)O)c3cc(C(C)C)ccc3n2)cc1. The molecule has 0 bridgehead atoms. The van der Waals surface area contributed by atoms with Gasteiger partial charge in [-0.2, -0.15) is 0 Å². The molecule has 0 saturated carbocycles. The number of pyridine rings is 1. The van der Waals surface area contributed by atoms with Crippen molar-refractivity contribution in [1.82, 2.24) is 4.98 Å². The molecule has 1 aromatic heterocycles. The summed E-state index contributed by atoms with van der Waals surface area (Å²) in [5.74, 6) is -0.583. The third kappa shape index (κ3) is 3.15. The lowest BCUT2D eigenvalue weighted by Crippen LogP contribution is -2.01. The molecule has 0 radical (unpaired) electrons. The van der Waals surface area contributed by atoms with E-state index in [9.17, 15) is 9.90 Å². The normalized spacial score (nSPS) is 11.2. The second-order valence-electron chi connectivity index (χ2n) is 6.02. The molecule has 0 aliphatic heterocycles. The monoisotopic (exact) mass is 337 g/mol. The highest BCUT2D eigenvalue weighted by molar-refractivity contribution is 7.98. The van der Waals surface area contributed by atoms with Crippen molar-refractivity contribution in [2.24, 2.45) is 0 Å². The number of aromatic nitrogens is 1. The fraction of sp³-hybridized carbons (Fsp3) is 0.200. The summed E-state index contributed by atoms with van der Waals surface area (Å²) in [5.41, 5.74) is 3.73. The van der Waals surface area contributed by atoms with Crippen LogP contribution in [0, 0.1) is 0 Å². The molecule has 0 atom stereocenters. The smallest absolute Gasteiger partial charge is 0.336 e. The fourth-order valence-electron chi connectivity index (χ4n) is 2.69. The second-order valence-corrected chi connectivity index (χ2v) is 6.90. The zero-order valence-corrected chi connectivity index (χ0v) is 14.7. The maximum atomic E-state index is 11.7. The molecule has 0 unspecified atom stereocenters. The summed E-state index contributed by atoms with van der Waals surface area (Å²) in [6.07, 6.45) is 2.03. The minimum absolute atomic E-state index is 0.298. The van der Waals surface area contributed by atoms with E-state index in [4.69, 9.17) is 0 Å². The van der Waals surface area contributed by atoms with Crippen LogP contribution in [0.15, 0.2) is 53.4 Å². The molecule has 0 fully saturated rings. The van der Waals surface area contributed by atoms with Crippen LogP contribution in [0.4, 0.5) is 0 Å². The number of hydrogen-bond acceptors (Lipinski definition) is 3. The van der Waals surface area contributed by atoms with Gasteiger partial charge in [0.2, 0.25) is 0 Å². The molecule has 2 aromatic carbocycles. The number of carbonyl (C=O) groups is 1. The van der Waals surface area contributed by atoms with Gasteiger partial charge >= 0.3 is 5.97 Å². The van der Waals surface area contributed by atoms with Crippen molar-refractivity contribution in [2.75, 3.05) is 6.26 Å². The number of aromatic carboxylic acids is 1. The van der Waals surface area contributed by atoms with E-state index >= 15 is 0 Å². The molecule has 1 heterocycles. The Morgan fingerprint density at radius 2 is 1.79 bits per heavy atom.